The van der Waals surface area contributed by atoms with Crippen LogP contribution in [0.5, 0.6) is 5.75 Å². The van der Waals surface area contributed by atoms with Gasteiger partial charge in [-0.25, -0.2) is 0 Å². The van der Waals surface area contributed by atoms with Crippen molar-refractivity contribution in [3.05, 3.63) is 82.4 Å². The molecular formula is C37H43ClN2O2. The number of hydrogen-bond acceptors (Lipinski definition) is 3. The Kier molecular flexibility index (Phi) is 9.00. The van der Waals surface area contributed by atoms with Crippen molar-refractivity contribution in [2.24, 2.45) is 22.7 Å². The number of halogens is 1. The van der Waals surface area contributed by atoms with Gasteiger partial charge in [0.25, 0.3) is 0 Å². The molecule has 0 aromatic heterocycles. The normalized spacial score (nSPS) is 21.5. The maximum absolute atomic E-state index is 13.9. The fourth-order valence-electron chi connectivity index (χ4n) is 7.17. The number of hydrogen-bond donors (Lipinski definition) is 0. The highest BCUT2D eigenvalue weighted by Gasteiger charge is 2.31. The molecule has 2 heterocycles. The Morgan fingerprint density at radius 1 is 0.952 bits per heavy atom. The smallest absolute Gasteiger partial charge is 0.226 e. The molecule has 1 amide bonds. The van der Waals surface area contributed by atoms with Crippen LogP contribution in [0.1, 0.15) is 75.5 Å². The van der Waals surface area contributed by atoms with E-state index in [1.54, 1.807) is 0 Å². The molecule has 42 heavy (non-hydrogen) atoms. The molecule has 220 valence electrons. The summed E-state index contributed by atoms with van der Waals surface area (Å²) in [6.45, 7) is 6.05. The van der Waals surface area contributed by atoms with Gasteiger partial charge >= 0.3 is 0 Å². The van der Waals surface area contributed by atoms with Gasteiger partial charge in [0, 0.05) is 28.8 Å². The largest absolute Gasteiger partial charge is 0.491 e. The van der Waals surface area contributed by atoms with Crippen LogP contribution in [-0.4, -0.2) is 29.7 Å². The average molecular weight is 583 g/mol. The number of nitrogens with zero attached hydrogens (tertiary/aromatic N) is 2. The lowest BCUT2D eigenvalue weighted by Crippen LogP contribution is -2.38. The van der Waals surface area contributed by atoms with Crippen molar-refractivity contribution in [1.29, 1.82) is 0 Å². The van der Waals surface area contributed by atoms with Crippen LogP contribution < -0.4 is 4.74 Å². The second kappa shape index (κ2) is 13.0. The highest BCUT2D eigenvalue weighted by atomic mass is 35.5. The molecular weight excluding hydrogens is 540 g/mol. The highest BCUT2D eigenvalue weighted by molar-refractivity contribution is 6.30. The molecule has 4 nitrogen and oxygen atoms in total. The van der Waals surface area contributed by atoms with E-state index in [0.717, 1.165) is 71.7 Å². The lowest BCUT2D eigenvalue weighted by molar-refractivity contribution is -0.137. The van der Waals surface area contributed by atoms with Crippen molar-refractivity contribution in [3.63, 3.8) is 0 Å². The molecule has 3 atom stereocenters. The van der Waals surface area contributed by atoms with Crippen molar-refractivity contribution in [2.45, 2.75) is 78.2 Å². The van der Waals surface area contributed by atoms with Gasteiger partial charge in [-0.2, -0.15) is 0 Å². The maximum atomic E-state index is 13.9. The van der Waals surface area contributed by atoms with Crippen LogP contribution in [0.4, 0.5) is 5.69 Å². The van der Waals surface area contributed by atoms with Gasteiger partial charge in [0.1, 0.15) is 12.4 Å². The minimum Gasteiger partial charge on any atom is -0.491 e. The third kappa shape index (κ3) is 6.75. The molecule has 6 rings (SSSR count). The standard InChI is InChI=1S/C37H43ClN2O2/c1-25-5-3-8-30-13-14-32(23-35(30)39-25)31-15-18-36-33(22-31)24-40(19-20-42-36)37(41)26(2)29-7-4-6-27(9-12-29)21-28-10-16-34(38)17-11-28/h10-11,13-18,22-23,26-27,29H,3-9,12,19-21,24H2,1-2H3. The molecule has 0 saturated heterocycles. The molecule has 3 aromatic carbocycles. The second-order valence-electron chi connectivity index (χ2n) is 12.7. The molecule has 1 fully saturated rings. The summed E-state index contributed by atoms with van der Waals surface area (Å²) in [6.07, 6.45) is 10.3. The van der Waals surface area contributed by atoms with E-state index in [-0.39, 0.29) is 11.8 Å². The zero-order valence-corrected chi connectivity index (χ0v) is 25.8. The number of rotatable bonds is 5. The van der Waals surface area contributed by atoms with Crippen LogP contribution in [-0.2, 0) is 24.2 Å². The Morgan fingerprint density at radius 2 is 1.76 bits per heavy atom. The summed E-state index contributed by atoms with van der Waals surface area (Å²) in [5, 5.41) is 0.795. The van der Waals surface area contributed by atoms with E-state index in [1.807, 2.05) is 17.0 Å². The fraction of sp³-hybridized carbons (Fsp3) is 0.459. The van der Waals surface area contributed by atoms with Crippen molar-refractivity contribution in [2.75, 3.05) is 13.2 Å². The molecule has 0 N–H and O–H groups in total. The number of amides is 1. The highest BCUT2D eigenvalue weighted by Crippen LogP contribution is 2.37. The predicted octanol–water partition coefficient (Wildman–Crippen LogP) is 9.23. The summed E-state index contributed by atoms with van der Waals surface area (Å²) < 4.78 is 6.14. The van der Waals surface area contributed by atoms with Gasteiger partial charge in [-0.15, -0.1) is 0 Å². The van der Waals surface area contributed by atoms with Crippen LogP contribution in [0.3, 0.4) is 0 Å². The molecule has 5 heteroatoms. The third-order valence-corrected chi connectivity index (χ3v) is 9.99. The minimum absolute atomic E-state index is 0.0229. The number of fused-ring (bicyclic) bond motifs is 2. The number of benzene rings is 3. The topological polar surface area (TPSA) is 41.9 Å². The van der Waals surface area contributed by atoms with E-state index in [1.165, 1.54) is 36.1 Å². The Hall–Kier alpha value is -3.11. The van der Waals surface area contributed by atoms with E-state index in [0.29, 0.717) is 31.5 Å². The third-order valence-electron chi connectivity index (χ3n) is 9.73. The second-order valence-corrected chi connectivity index (χ2v) is 13.2. The Balaban J connectivity index is 1.13. The van der Waals surface area contributed by atoms with Crippen molar-refractivity contribution in [3.8, 4) is 16.9 Å². The molecule has 3 aliphatic rings. The molecule has 0 bridgehead atoms. The van der Waals surface area contributed by atoms with E-state index in [2.05, 4.69) is 62.4 Å². The first-order valence-corrected chi connectivity index (χ1v) is 16.3. The van der Waals surface area contributed by atoms with Crippen LogP contribution in [0, 0.1) is 17.8 Å². The molecule has 1 aliphatic carbocycles. The minimum atomic E-state index is 0.0229. The summed E-state index contributed by atoms with van der Waals surface area (Å²) in [5.74, 6) is 2.30. The average Bonchev–Trinajstić information content (AvgIpc) is 3.44. The molecule has 3 unspecified atom stereocenters. The maximum Gasteiger partial charge on any atom is 0.226 e. The van der Waals surface area contributed by atoms with Crippen LogP contribution in [0.25, 0.3) is 11.1 Å². The van der Waals surface area contributed by atoms with Crippen molar-refractivity contribution >= 4 is 28.9 Å². The van der Waals surface area contributed by atoms with Gasteiger partial charge in [0.15, 0.2) is 0 Å². The van der Waals surface area contributed by atoms with E-state index < -0.39 is 0 Å². The van der Waals surface area contributed by atoms with E-state index >= 15 is 0 Å². The Bertz CT molecular complexity index is 1450. The number of aryl methyl sites for hydroxylation is 1. The van der Waals surface area contributed by atoms with Gasteiger partial charge < -0.3 is 9.64 Å². The lowest BCUT2D eigenvalue weighted by Gasteiger charge is -2.28. The van der Waals surface area contributed by atoms with Crippen LogP contribution in [0.2, 0.25) is 5.02 Å². The SMILES string of the molecule is CC1=Nc2cc(-c3ccc4c(c3)CN(C(=O)C(C)C3CCCC(Cc5ccc(Cl)cc5)CC3)CCO4)ccc2CCC1. The zero-order chi connectivity index (χ0) is 29.1. The van der Waals surface area contributed by atoms with Gasteiger partial charge in [0.05, 0.1) is 12.2 Å². The number of aliphatic imine (C=N–C) groups is 1. The zero-order valence-electron chi connectivity index (χ0n) is 25.1. The van der Waals surface area contributed by atoms with Gasteiger partial charge in [-0.05, 0) is 116 Å². The summed E-state index contributed by atoms with van der Waals surface area (Å²) in [6, 6.07) is 21.4. The Morgan fingerprint density at radius 3 is 2.62 bits per heavy atom. The summed E-state index contributed by atoms with van der Waals surface area (Å²) in [5.41, 5.74) is 8.39. The summed E-state index contributed by atoms with van der Waals surface area (Å²) in [7, 11) is 0. The molecule has 0 radical (unpaired) electrons. The lowest BCUT2D eigenvalue weighted by atomic mass is 9.85. The molecule has 0 spiro atoms. The number of carbonyl (C=O) groups is 1. The molecule has 2 aliphatic heterocycles. The summed E-state index contributed by atoms with van der Waals surface area (Å²) >= 11 is 6.09. The van der Waals surface area contributed by atoms with Crippen molar-refractivity contribution in [1.82, 2.24) is 4.90 Å². The summed E-state index contributed by atoms with van der Waals surface area (Å²) in [4.78, 5) is 20.8. The first-order chi connectivity index (χ1) is 20.4. The number of ether oxygens (including phenoxy) is 1. The van der Waals surface area contributed by atoms with E-state index in [9.17, 15) is 4.79 Å². The quantitative estimate of drug-likeness (QED) is 0.281. The van der Waals surface area contributed by atoms with Gasteiger partial charge in [-0.1, -0.05) is 61.7 Å². The predicted molar refractivity (Wildman–Crippen MR) is 173 cm³/mol. The number of carbonyl (C=O) groups excluding carboxylic acids is 1. The van der Waals surface area contributed by atoms with Crippen molar-refractivity contribution < 1.29 is 9.53 Å². The monoisotopic (exact) mass is 582 g/mol. The van der Waals surface area contributed by atoms with Gasteiger partial charge in [0.2, 0.25) is 5.91 Å². The van der Waals surface area contributed by atoms with Crippen LogP contribution >= 0.6 is 11.6 Å². The van der Waals surface area contributed by atoms with Crippen LogP contribution in [0.15, 0.2) is 65.7 Å². The molecule has 1 saturated carbocycles. The Labute approximate surface area is 256 Å². The van der Waals surface area contributed by atoms with E-state index in [4.69, 9.17) is 21.3 Å². The van der Waals surface area contributed by atoms with Gasteiger partial charge in [-0.3, -0.25) is 9.79 Å². The fourth-order valence-corrected chi connectivity index (χ4v) is 7.30. The molecule has 3 aromatic rings. The first-order valence-electron chi connectivity index (χ1n) is 15.9. The first kappa shape index (κ1) is 29.0.